The maximum Gasteiger partial charge on any atom is 0.407 e. The molecule has 4 atom stereocenters. The van der Waals surface area contributed by atoms with E-state index in [1.807, 2.05) is 60.2 Å². The van der Waals surface area contributed by atoms with E-state index in [0.717, 1.165) is 95.0 Å². The highest BCUT2D eigenvalue weighted by Gasteiger charge is 2.39. The number of nitrogens with one attached hydrogen (secondary N) is 4. The van der Waals surface area contributed by atoms with Gasteiger partial charge in [-0.3, -0.25) is 9.59 Å². The maximum absolute atomic E-state index is 14.1. The van der Waals surface area contributed by atoms with Gasteiger partial charge in [-0.2, -0.15) is 0 Å². The zero-order valence-corrected chi connectivity index (χ0v) is 34.7. The third-order valence-corrected chi connectivity index (χ3v) is 12.5. The molecule has 61 heavy (non-hydrogen) atoms. The van der Waals surface area contributed by atoms with Crippen LogP contribution in [0.5, 0.6) is 5.75 Å². The number of hydrogen-bond acceptors (Lipinski definition) is 9. The van der Waals surface area contributed by atoms with Gasteiger partial charge in [-0.1, -0.05) is 56.3 Å². The number of rotatable bonds is 9. The van der Waals surface area contributed by atoms with E-state index in [1.165, 1.54) is 19.8 Å². The van der Waals surface area contributed by atoms with Gasteiger partial charge in [0, 0.05) is 29.9 Å². The molecule has 15 nitrogen and oxygen atoms in total. The number of carbonyl (C=O) groups is 4. The fraction of sp³-hybridized carbons (Fsp3) is 0.391. The monoisotopic (exact) mass is 826 g/mol. The van der Waals surface area contributed by atoms with Crippen molar-refractivity contribution in [3.05, 3.63) is 101 Å². The van der Waals surface area contributed by atoms with E-state index < -0.39 is 24.3 Å². The second kappa shape index (κ2) is 16.4. The van der Waals surface area contributed by atoms with Crippen LogP contribution < -0.4 is 15.4 Å². The zero-order chi connectivity index (χ0) is 42.4. The van der Waals surface area contributed by atoms with Crippen molar-refractivity contribution >= 4 is 24.0 Å². The Balaban J connectivity index is 0.937. The van der Waals surface area contributed by atoms with Crippen LogP contribution in [0.25, 0.3) is 33.6 Å². The maximum atomic E-state index is 14.1. The number of hydrogen-bond donors (Lipinski definition) is 4. The number of ether oxygens (including phenoxy) is 3. The van der Waals surface area contributed by atoms with Crippen molar-refractivity contribution in [3.8, 4) is 39.4 Å². The van der Waals surface area contributed by atoms with Gasteiger partial charge < -0.3 is 44.6 Å². The van der Waals surface area contributed by atoms with Crippen LogP contribution in [0.3, 0.4) is 0 Å². The SMILES string of the molecule is COC(=O)N[C@H](C(=O)N1CCCC1c1ncc(-c2ccc3c(c2)COc2cc4c(cc2-3)CCc2[nH]c([C@@H]3CCCN3C(=O)[C@H](NC(=O)OC)c3ccccc3)nc2-4)[nH]1)C(C)C. The predicted molar refractivity (Wildman–Crippen MR) is 225 cm³/mol. The highest BCUT2D eigenvalue weighted by atomic mass is 16.5. The van der Waals surface area contributed by atoms with E-state index in [4.69, 9.17) is 24.2 Å². The van der Waals surface area contributed by atoms with E-state index in [1.54, 1.807) is 0 Å². The number of imidazole rings is 2. The minimum Gasteiger partial charge on any atom is -0.488 e. The average Bonchev–Trinajstić information content (AvgIpc) is 4.13. The van der Waals surface area contributed by atoms with Crippen LogP contribution in [0, 0.1) is 5.92 Å². The van der Waals surface area contributed by atoms with Crippen LogP contribution in [0.1, 0.15) is 91.7 Å². The van der Waals surface area contributed by atoms with E-state index in [-0.39, 0.29) is 29.8 Å². The Bertz CT molecular complexity index is 2500. The molecule has 5 heterocycles. The summed E-state index contributed by atoms with van der Waals surface area (Å²) in [6.07, 6.45) is 5.31. The van der Waals surface area contributed by atoms with Gasteiger partial charge >= 0.3 is 12.2 Å². The summed E-state index contributed by atoms with van der Waals surface area (Å²) in [5.74, 6) is 1.79. The number of methoxy groups -OCH3 is 2. The number of carbonyl (C=O) groups excluding carboxylic acids is 4. The van der Waals surface area contributed by atoms with E-state index in [2.05, 4.69) is 50.9 Å². The standard InChI is InChI=1S/C46H50N8O7/c1-25(2)38(51-45(57)59-3)43(55)53-18-8-12-35(53)41-47-23-34(49-41)28-14-16-30-29(20-28)24-61-37-22-31-27(21-32(30)37)15-17-33-40(31)50-42(48-33)36-13-9-19-54(36)44(56)39(52-46(58)60-4)26-10-6-5-7-11-26/h5-7,10-11,14,16,20-23,25,35-36,38-39H,8-9,12-13,15,17-19,24H2,1-4H3,(H,47,49)(H,48,50)(H,51,57)(H,52,58)/t35?,36-,38-,39+/m0/s1. The average molecular weight is 827 g/mol. The van der Waals surface area contributed by atoms with Crippen LogP contribution in [0.15, 0.2) is 66.9 Å². The second-order valence-electron chi connectivity index (χ2n) is 16.5. The number of likely N-dealkylation sites (tertiary alicyclic amines) is 2. The molecule has 3 aliphatic heterocycles. The molecule has 15 heteroatoms. The fourth-order valence-electron chi connectivity index (χ4n) is 9.37. The molecule has 2 saturated heterocycles. The Morgan fingerprint density at radius 2 is 1.51 bits per heavy atom. The highest BCUT2D eigenvalue weighted by molar-refractivity contribution is 5.88. The Kier molecular flexibility index (Phi) is 10.7. The number of fused-ring (bicyclic) bond motifs is 6. The molecular weight excluding hydrogens is 777 g/mol. The quantitative estimate of drug-likeness (QED) is 0.122. The first kappa shape index (κ1) is 39.8. The summed E-state index contributed by atoms with van der Waals surface area (Å²) in [7, 11) is 2.58. The lowest BCUT2D eigenvalue weighted by atomic mass is 9.86. The largest absolute Gasteiger partial charge is 0.488 e. The van der Waals surface area contributed by atoms with Gasteiger partial charge in [0.25, 0.3) is 5.91 Å². The fourth-order valence-corrected chi connectivity index (χ4v) is 9.37. The lowest BCUT2D eigenvalue weighted by Gasteiger charge is -2.30. The third-order valence-electron chi connectivity index (χ3n) is 12.5. The predicted octanol–water partition coefficient (Wildman–Crippen LogP) is 6.93. The number of nitrogens with zero attached hydrogens (tertiary/aromatic N) is 4. The topological polar surface area (TPSA) is 184 Å². The van der Waals surface area contributed by atoms with Crippen LogP contribution in [0.2, 0.25) is 0 Å². The zero-order valence-electron chi connectivity index (χ0n) is 34.7. The summed E-state index contributed by atoms with van der Waals surface area (Å²) in [5.41, 5.74) is 9.84. The molecule has 9 rings (SSSR count). The molecule has 4 aliphatic rings. The van der Waals surface area contributed by atoms with Gasteiger partial charge in [0.05, 0.1) is 43.9 Å². The molecule has 4 amide bonds. The molecule has 1 unspecified atom stereocenters. The number of alkyl carbamates (subject to hydrolysis) is 2. The van der Waals surface area contributed by atoms with Gasteiger partial charge in [-0.15, -0.1) is 0 Å². The van der Waals surface area contributed by atoms with Crippen molar-refractivity contribution in [2.75, 3.05) is 27.3 Å². The van der Waals surface area contributed by atoms with Crippen molar-refractivity contribution in [1.82, 2.24) is 40.4 Å². The Morgan fingerprint density at radius 3 is 2.25 bits per heavy atom. The summed E-state index contributed by atoms with van der Waals surface area (Å²) >= 11 is 0. The Labute approximate surface area is 353 Å². The molecule has 2 fully saturated rings. The first-order chi connectivity index (χ1) is 29.6. The summed E-state index contributed by atoms with van der Waals surface area (Å²) in [4.78, 5) is 72.8. The second-order valence-corrected chi connectivity index (χ2v) is 16.5. The highest BCUT2D eigenvalue weighted by Crippen LogP contribution is 2.46. The number of amides is 4. The summed E-state index contributed by atoms with van der Waals surface area (Å²) in [5, 5.41) is 5.45. The van der Waals surface area contributed by atoms with Gasteiger partial charge in [-0.05, 0) is 90.5 Å². The molecule has 0 spiro atoms. The lowest BCUT2D eigenvalue weighted by molar-refractivity contribution is -0.135. The summed E-state index contributed by atoms with van der Waals surface area (Å²) in [6, 6.07) is 17.8. The minimum atomic E-state index is -0.888. The molecule has 5 aromatic rings. The molecule has 4 N–H and O–H groups in total. The first-order valence-corrected chi connectivity index (χ1v) is 21.0. The molecule has 1 aliphatic carbocycles. The van der Waals surface area contributed by atoms with E-state index in [9.17, 15) is 19.2 Å². The molecule has 316 valence electrons. The minimum absolute atomic E-state index is 0.116. The van der Waals surface area contributed by atoms with Gasteiger partial charge in [0.2, 0.25) is 5.91 Å². The third kappa shape index (κ3) is 7.46. The number of H-pyrrole nitrogens is 2. The first-order valence-electron chi connectivity index (χ1n) is 21.0. The molecular formula is C46H50N8O7. The molecule has 3 aromatic carbocycles. The van der Waals surface area contributed by atoms with Crippen LogP contribution in [-0.4, -0.2) is 87.1 Å². The van der Waals surface area contributed by atoms with Crippen LogP contribution in [0.4, 0.5) is 9.59 Å². The number of aryl methyl sites for hydroxylation is 2. The smallest absolute Gasteiger partial charge is 0.407 e. The summed E-state index contributed by atoms with van der Waals surface area (Å²) in [6.45, 7) is 5.34. The van der Waals surface area contributed by atoms with Gasteiger partial charge in [-0.25, -0.2) is 19.6 Å². The van der Waals surface area contributed by atoms with Crippen molar-refractivity contribution in [3.63, 3.8) is 0 Å². The molecule has 0 bridgehead atoms. The van der Waals surface area contributed by atoms with E-state index >= 15 is 0 Å². The Morgan fingerprint density at radius 1 is 0.787 bits per heavy atom. The molecule has 0 radical (unpaired) electrons. The van der Waals surface area contributed by atoms with Crippen LogP contribution >= 0.6 is 0 Å². The number of benzene rings is 3. The normalized spacial score (nSPS) is 18.6. The van der Waals surface area contributed by atoms with Crippen molar-refractivity contribution in [1.29, 1.82) is 0 Å². The molecule has 0 saturated carbocycles. The Hall–Kier alpha value is -6.64. The van der Waals surface area contributed by atoms with Gasteiger partial charge in [0.15, 0.2) is 0 Å². The van der Waals surface area contributed by atoms with Crippen LogP contribution in [-0.2, 0) is 38.5 Å². The van der Waals surface area contributed by atoms with Crippen molar-refractivity contribution < 1.29 is 33.4 Å². The van der Waals surface area contributed by atoms with Gasteiger partial charge in [0.1, 0.15) is 36.1 Å². The van der Waals surface area contributed by atoms with Crippen molar-refractivity contribution in [2.24, 2.45) is 5.92 Å². The van der Waals surface area contributed by atoms with Crippen molar-refractivity contribution in [2.45, 2.75) is 83.1 Å². The molecule has 2 aromatic heterocycles. The van der Waals surface area contributed by atoms with E-state index in [0.29, 0.717) is 31.1 Å². The number of aromatic amines is 2. The summed E-state index contributed by atoms with van der Waals surface area (Å²) < 4.78 is 16.1. The number of aromatic nitrogens is 4. The lowest BCUT2D eigenvalue weighted by Crippen LogP contribution is -2.51.